The van der Waals surface area contributed by atoms with Crippen LogP contribution in [0.15, 0.2) is 83.3 Å². The summed E-state index contributed by atoms with van der Waals surface area (Å²) in [7, 11) is -4.03. The largest absolute Gasteiger partial charge is 0.352 e. The summed E-state index contributed by atoms with van der Waals surface area (Å²) in [5, 5.41) is 14.2. The molecule has 0 aliphatic carbocycles. The van der Waals surface area contributed by atoms with Crippen LogP contribution in [0.3, 0.4) is 0 Å². The fourth-order valence-corrected chi connectivity index (χ4v) is 5.20. The number of carbonyl (C=O) groups excluding carboxylic acids is 2. The van der Waals surface area contributed by atoms with Crippen LogP contribution >= 0.6 is 15.9 Å². The molecule has 0 bridgehead atoms. The molecule has 3 rings (SSSR count). The van der Waals surface area contributed by atoms with Crippen LogP contribution in [0.4, 0.5) is 11.4 Å². The minimum absolute atomic E-state index is 0.0279. The molecule has 0 aliphatic heterocycles. The number of carbonyl (C=O) groups is 2. The molecule has 0 heterocycles. The number of anilines is 1. The lowest BCUT2D eigenvalue weighted by Crippen LogP contribution is -2.54. The number of hydrogen-bond donors (Lipinski definition) is 1. The van der Waals surface area contributed by atoms with E-state index in [4.69, 9.17) is 0 Å². The molecule has 3 aromatic rings. The summed E-state index contributed by atoms with van der Waals surface area (Å²) in [6.45, 7) is 3.00. The zero-order valence-electron chi connectivity index (χ0n) is 22.4. The third kappa shape index (κ3) is 8.62. The Labute approximate surface area is 242 Å². The zero-order chi connectivity index (χ0) is 29.4. The maximum absolute atomic E-state index is 14.0. The van der Waals surface area contributed by atoms with Crippen molar-refractivity contribution in [1.29, 1.82) is 0 Å². The number of amides is 2. The molecule has 0 saturated carbocycles. The highest BCUT2D eigenvalue weighted by atomic mass is 79.9. The molecule has 0 aliphatic rings. The normalized spacial score (nSPS) is 12.0. The molecule has 1 N–H and O–H groups in total. The lowest BCUT2D eigenvalue weighted by atomic mass is 10.0. The number of rotatable bonds is 12. The summed E-state index contributed by atoms with van der Waals surface area (Å²) < 4.78 is 27.3. The SMILES string of the molecule is CC(C)NC(=O)[C@H](Cc1ccccc1)N(Cc1ccc(Br)cc1)C(=O)CN(c1cccc([N+](=O)[O-])c1)S(C)(=O)=O. The molecule has 212 valence electrons. The fraction of sp³-hybridized carbons (Fsp3) is 0.286. The Morgan fingerprint density at radius 1 is 0.975 bits per heavy atom. The first-order valence-electron chi connectivity index (χ1n) is 12.5. The Morgan fingerprint density at radius 2 is 1.62 bits per heavy atom. The molecule has 0 spiro atoms. The summed E-state index contributed by atoms with van der Waals surface area (Å²) in [5.41, 5.74) is 1.20. The molecular weight excluding hydrogens is 600 g/mol. The zero-order valence-corrected chi connectivity index (χ0v) is 24.8. The van der Waals surface area contributed by atoms with E-state index in [1.165, 1.54) is 23.1 Å². The number of hydrogen-bond acceptors (Lipinski definition) is 6. The number of halogens is 1. The van der Waals surface area contributed by atoms with Gasteiger partial charge in [-0.2, -0.15) is 0 Å². The van der Waals surface area contributed by atoms with Crippen molar-refractivity contribution in [3.8, 4) is 0 Å². The topological polar surface area (TPSA) is 130 Å². The van der Waals surface area contributed by atoms with E-state index in [9.17, 15) is 28.1 Å². The second-order valence-corrected chi connectivity index (χ2v) is 12.4. The van der Waals surface area contributed by atoms with E-state index in [1.54, 1.807) is 12.1 Å². The molecule has 0 unspecified atom stereocenters. The second-order valence-electron chi connectivity index (χ2n) is 9.56. The van der Waals surface area contributed by atoms with E-state index in [1.807, 2.05) is 56.3 Å². The van der Waals surface area contributed by atoms with Crippen molar-refractivity contribution >= 4 is 49.1 Å². The number of benzene rings is 3. The van der Waals surface area contributed by atoms with Crippen LogP contribution in [-0.4, -0.2) is 54.9 Å². The molecule has 0 aromatic heterocycles. The van der Waals surface area contributed by atoms with Gasteiger partial charge in [-0.3, -0.25) is 24.0 Å². The van der Waals surface area contributed by atoms with Crippen molar-refractivity contribution in [2.75, 3.05) is 17.1 Å². The first kappa shape index (κ1) is 30.8. The minimum atomic E-state index is -4.03. The lowest BCUT2D eigenvalue weighted by Gasteiger charge is -2.34. The van der Waals surface area contributed by atoms with Gasteiger partial charge >= 0.3 is 0 Å². The van der Waals surface area contributed by atoms with Gasteiger partial charge in [0.25, 0.3) is 5.69 Å². The maximum atomic E-state index is 14.0. The van der Waals surface area contributed by atoms with Crippen molar-refractivity contribution in [2.45, 2.75) is 38.9 Å². The number of nitrogens with zero attached hydrogens (tertiary/aromatic N) is 3. The van der Waals surface area contributed by atoms with Crippen LogP contribution in [0, 0.1) is 10.1 Å². The van der Waals surface area contributed by atoms with Crippen LogP contribution in [0.25, 0.3) is 0 Å². The van der Waals surface area contributed by atoms with Crippen LogP contribution in [0.5, 0.6) is 0 Å². The molecular formula is C28H31BrN4O6S. The number of nitro benzene ring substituents is 1. The van der Waals surface area contributed by atoms with Gasteiger partial charge in [0.05, 0.1) is 16.9 Å². The average Bonchev–Trinajstić information content (AvgIpc) is 2.89. The standard InChI is InChI=1S/C28H31BrN4O6S/c1-20(2)30-28(35)26(16-21-8-5-4-6-9-21)31(18-22-12-14-23(29)15-13-22)27(34)19-32(40(3,38)39)24-10-7-11-25(17-24)33(36)37/h4-15,17,20,26H,16,18-19H2,1-3H3,(H,30,35)/t26-/m0/s1. The number of nitrogens with one attached hydrogen (secondary N) is 1. The number of nitro groups is 1. The Kier molecular flexibility index (Phi) is 10.4. The third-order valence-electron chi connectivity index (χ3n) is 5.98. The highest BCUT2D eigenvalue weighted by molar-refractivity contribution is 9.10. The van der Waals surface area contributed by atoms with Crippen LogP contribution < -0.4 is 9.62 Å². The molecule has 3 aromatic carbocycles. The van der Waals surface area contributed by atoms with E-state index in [0.29, 0.717) is 0 Å². The van der Waals surface area contributed by atoms with Crippen molar-refractivity contribution < 1.29 is 22.9 Å². The second kappa shape index (κ2) is 13.5. The van der Waals surface area contributed by atoms with Crippen LogP contribution in [0.2, 0.25) is 0 Å². The van der Waals surface area contributed by atoms with E-state index in [-0.39, 0.29) is 36.3 Å². The van der Waals surface area contributed by atoms with Crippen molar-refractivity contribution in [3.63, 3.8) is 0 Å². The molecule has 1 atom stereocenters. The van der Waals surface area contributed by atoms with Crippen molar-refractivity contribution in [3.05, 3.63) is 105 Å². The summed E-state index contributed by atoms with van der Waals surface area (Å²) in [6.07, 6.45) is 1.11. The van der Waals surface area contributed by atoms with Crippen LogP contribution in [-0.2, 0) is 32.6 Å². The van der Waals surface area contributed by atoms with Gasteiger partial charge in [-0.1, -0.05) is 64.5 Å². The molecule has 40 heavy (non-hydrogen) atoms. The van der Waals surface area contributed by atoms with Crippen LogP contribution in [0.1, 0.15) is 25.0 Å². The molecule has 0 fully saturated rings. The Bertz CT molecular complexity index is 1450. The fourth-order valence-electron chi connectivity index (χ4n) is 4.10. The summed E-state index contributed by atoms with van der Waals surface area (Å²) in [5.74, 6) is -1.02. The van der Waals surface area contributed by atoms with Gasteiger partial charge in [-0.25, -0.2) is 8.42 Å². The van der Waals surface area contributed by atoms with Crippen molar-refractivity contribution in [2.24, 2.45) is 0 Å². The first-order valence-corrected chi connectivity index (χ1v) is 15.1. The smallest absolute Gasteiger partial charge is 0.271 e. The van der Waals surface area contributed by atoms with E-state index >= 15 is 0 Å². The lowest BCUT2D eigenvalue weighted by molar-refractivity contribution is -0.384. The van der Waals surface area contributed by atoms with Crippen molar-refractivity contribution in [1.82, 2.24) is 10.2 Å². The van der Waals surface area contributed by atoms with Gasteiger partial charge < -0.3 is 10.2 Å². The number of non-ortho nitro benzene ring substituents is 1. The molecule has 0 saturated heterocycles. The monoisotopic (exact) mass is 630 g/mol. The first-order chi connectivity index (χ1) is 18.8. The molecule has 0 radical (unpaired) electrons. The van der Waals surface area contributed by atoms with Gasteiger partial charge in [0.1, 0.15) is 12.6 Å². The minimum Gasteiger partial charge on any atom is -0.352 e. The average molecular weight is 632 g/mol. The summed E-state index contributed by atoms with van der Waals surface area (Å²) in [4.78, 5) is 39.5. The predicted octanol–water partition coefficient (Wildman–Crippen LogP) is 4.29. The Hall–Kier alpha value is -3.77. The van der Waals surface area contributed by atoms with E-state index in [2.05, 4.69) is 21.2 Å². The van der Waals surface area contributed by atoms with Gasteiger partial charge in [-0.15, -0.1) is 0 Å². The summed E-state index contributed by atoms with van der Waals surface area (Å²) in [6, 6.07) is 20.3. The summed E-state index contributed by atoms with van der Waals surface area (Å²) >= 11 is 3.39. The quantitative estimate of drug-likeness (QED) is 0.235. The maximum Gasteiger partial charge on any atom is 0.271 e. The third-order valence-corrected chi connectivity index (χ3v) is 7.65. The van der Waals surface area contributed by atoms with E-state index < -0.39 is 33.4 Å². The van der Waals surface area contributed by atoms with Gasteiger partial charge in [-0.05, 0) is 43.2 Å². The highest BCUT2D eigenvalue weighted by Gasteiger charge is 2.33. The Balaban J connectivity index is 2.07. The molecule has 12 heteroatoms. The molecule has 2 amide bonds. The van der Waals surface area contributed by atoms with Gasteiger partial charge in [0.15, 0.2) is 0 Å². The Morgan fingerprint density at radius 3 is 2.20 bits per heavy atom. The van der Waals surface area contributed by atoms with E-state index in [0.717, 1.165) is 32.2 Å². The number of sulfonamides is 1. The van der Waals surface area contributed by atoms with Gasteiger partial charge in [0, 0.05) is 35.6 Å². The van der Waals surface area contributed by atoms with Gasteiger partial charge in [0.2, 0.25) is 21.8 Å². The highest BCUT2D eigenvalue weighted by Crippen LogP contribution is 2.24. The molecule has 10 nitrogen and oxygen atoms in total. The predicted molar refractivity (Wildman–Crippen MR) is 157 cm³/mol.